The number of piperidine rings is 1. The first kappa shape index (κ1) is 18.2. The Morgan fingerprint density at radius 1 is 1.30 bits per heavy atom. The van der Waals surface area contributed by atoms with Crippen LogP contribution in [0.25, 0.3) is 0 Å². The van der Waals surface area contributed by atoms with E-state index in [0.717, 1.165) is 31.0 Å². The molecule has 0 bridgehead atoms. The van der Waals surface area contributed by atoms with Crippen molar-refractivity contribution in [3.05, 3.63) is 47.3 Å². The molecule has 0 aliphatic carbocycles. The molecular formula is C20H31FN2. The minimum absolute atomic E-state index is 0.124. The molecule has 0 amide bonds. The summed E-state index contributed by atoms with van der Waals surface area (Å²) in [5.74, 6) is 0.691. The van der Waals surface area contributed by atoms with Gasteiger partial charge in [-0.2, -0.15) is 0 Å². The van der Waals surface area contributed by atoms with Gasteiger partial charge in [0, 0.05) is 19.6 Å². The average Bonchev–Trinajstić information content (AvgIpc) is 2.52. The van der Waals surface area contributed by atoms with Crippen molar-refractivity contribution in [2.75, 3.05) is 39.8 Å². The lowest BCUT2D eigenvalue weighted by atomic mass is 9.96. The quantitative estimate of drug-likeness (QED) is 0.702. The Labute approximate surface area is 141 Å². The topological polar surface area (TPSA) is 6.48 Å². The highest BCUT2D eigenvalue weighted by atomic mass is 19.1. The summed E-state index contributed by atoms with van der Waals surface area (Å²) in [7, 11) is 2.22. The van der Waals surface area contributed by atoms with Crippen LogP contribution in [0.1, 0.15) is 32.3 Å². The predicted molar refractivity (Wildman–Crippen MR) is 96.2 cm³/mol. The number of hydrogen-bond donors (Lipinski definition) is 0. The number of allylic oxidation sites excluding steroid dienone is 1. The lowest BCUT2D eigenvalue weighted by Gasteiger charge is -2.33. The largest absolute Gasteiger partial charge is 0.303 e. The maximum absolute atomic E-state index is 13.2. The van der Waals surface area contributed by atoms with Crippen LogP contribution < -0.4 is 0 Å². The lowest BCUT2D eigenvalue weighted by Crippen LogP contribution is -2.38. The predicted octanol–water partition coefficient (Wildman–Crippen LogP) is 3.98. The van der Waals surface area contributed by atoms with E-state index in [1.54, 1.807) is 12.1 Å². The van der Waals surface area contributed by atoms with E-state index in [-0.39, 0.29) is 5.82 Å². The first-order valence-corrected chi connectivity index (χ1v) is 8.81. The maximum Gasteiger partial charge on any atom is 0.123 e. The van der Waals surface area contributed by atoms with Crippen molar-refractivity contribution in [2.45, 2.75) is 33.1 Å². The van der Waals surface area contributed by atoms with Crippen LogP contribution in [0.4, 0.5) is 4.39 Å². The number of rotatable bonds is 7. The third-order valence-electron chi connectivity index (χ3n) is 4.69. The van der Waals surface area contributed by atoms with Gasteiger partial charge in [-0.25, -0.2) is 4.39 Å². The van der Waals surface area contributed by atoms with Crippen LogP contribution >= 0.6 is 0 Å². The molecule has 0 aromatic heterocycles. The summed E-state index contributed by atoms with van der Waals surface area (Å²) in [5.41, 5.74) is 2.50. The highest BCUT2D eigenvalue weighted by Crippen LogP contribution is 2.18. The molecule has 0 N–H and O–H groups in total. The van der Waals surface area contributed by atoms with Gasteiger partial charge in [-0.15, -0.1) is 0 Å². The van der Waals surface area contributed by atoms with Crippen molar-refractivity contribution in [3.63, 3.8) is 0 Å². The van der Waals surface area contributed by atoms with Crippen LogP contribution in [-0.4, -0.2) is 49.6 Å². The molecular weight excluding hydrogens is 287 g/mol. The number of nitrogens with zero attached hydrogens (tertiary/aromatic N) is 2. The van der Waals surface area contributed by atoms with E-state index >= 15 is 0 Å². The Kier molecular flexibility index (Phi) is 7.25. The molecule has 23 heavy (non-hydrogen) atoms. The van der Waals surface area contributed by atoms with Crippen LogP contribution in [0.15, 0.2) is 35.9 Å². The minimum Gasteiger partial charge on any atom is -0.303 e. The van der Waals surface area contributed by atoms with Gasteiger partial charge in [0.15, 0.2) is 0 Å². The number of likely N-dealkylation sites (tertiary alicyclic amines) is 1. The molecule has 0 radical (unpaired) electrons. The lowest BCUT2D eigenvalue weighted by molar-refractivity contribution is 0.160. The SMILES string of the molecule is CC(C)=CCN(C)CC1CCN(CCc2cccc(F)c2)CC1. The fourth-order valence-corrected chi connectivity index (χ4v) is 3.23. The fraction of sp³-hybridized carbons (Fsp3) is 0.600. The van der Waals surface area contributed by atoms with Crippen molar-refractivity contribution < 1.29 is 4.39 Å². The Bertz CT molecular complexity index is 500. The summed E-state index contributed by atoms with van der Waals surface area (Å²) in [6, 6.07) is 7.00. The van der Waals surface area contributed by atoms with Gasteiger partial charge in [-0.3, -0.25) is 0 Å². The summed E-state index contributed by atoms with van der Waals surface area (Å²) in [5, 5.41) is 0. The van der Waals surface area contributed by atoms with E-state index in [1.807, 2.05) is 6.07 Å². The molecule has 0 spiro atoms. The molecule has 1 aromatic rings. The smallest absolute Gasteiger partial charge is 0.123 e. The number of benzene rings is 1. The van der Waals surface area contributed by atoms with Crippen molar-refractivity contribution in [2.24, 2.45) is 5.92 Å². The van der Waals surface area contributed by atoms with Gasteiger partial charge in [0.05, 0.1) is 0 Å². The summed E-state index contributed by atoms with van der Waals surface area (Å²) < 4.78 is 13.2. The number of halogens is 1. The Balaban J connectivity index is 1.66. The van der Waals surface area contributed by atoms with E-state index in [1.165, 1.54) is 44.1 Å². The molecule has 0 saturated carbocycles. The molecule has 1 aliphatic rings. The van der Waals surface area contributed by atoms with Gasteiger partial charge in [0.2, 0.25) is 0 Å². The molecule has 128 valence electrons. The Morgan fingerprint density at radius 3 is 2.70 bits per heavy atom. The molecule has 2 rings (SSSR count). The summed E-state index contributed by atoms with van der Waals surface area (Å²) in [6.07, 6.45) is 5.81. The van der Waals surface area contributed by atoms with Gasteiger partial charge >= 0.3 is 0 Å². The van der Waals surface area contributed by atoms with E-state index in [9.17, 15) is 4.39 Å². The van der Waals surface area contributed by atoms with Crippen molar-refractivity contribution in [1.82, 2.24) is 9.80 Å². The first-order valence-electron chi connectivity index (χ1n) is 8.81. The third-order valence-corrected chi connectivity index (χ3v) is 4.69. The fourth-order valence-electron chi connectivity index (χ4n) is 3.23. The van der Waals surface area contributed by atoms with E-state index in [2.05, 4.69) is 36.8 Å². The van der Waals surface area contributed by atoms with Crippen LogP contribution in [-0.2, 0) is 6.42 Å². The second-order valence-electron chi connectivity index (χ2n) is 7.17. The van der Waals surface area contributed by atoms with Crippen molar-refractivity contribution in [1.29, 1.82) is 0 Å². The molecule has 1 fully saturated rings. The summed E-state index contributed by atoms with van der Waals surface area (Å²) in [6.45, 7) is 9.97. The van der Waals surface area contributed by atoms with Crippen LogP contribution in [0.2, 0.25) is 0 Å². The van der Waals surface area contributed by atoms with E-state index < -0.39 is 0 Å². The minimum atomic E-state index is -0.124. The average molecular weight is 318 g/mol. The third kappa shape index (κ3) is 6.84. The van der Waals surface area contributed by atoms with Crippen LogP contribution in [0.3, 0.4) is 0 Å². The zero-order chi connectivity index (χ0) is 16.7. The molecule has 0 atom stereocenters. The second kappa shape index (κ2) is 9.19. The molecule has 3 heteroatoms. The molecule has 1 aromatic carbocycles. The molecule has 1 saturated heterocycles. The molecule has 1 heterocycles. The van der Waals surface area contributed by atoms with Gasteiger partial charge in [0.1, 0.15) is 5.82 Å². The molecule has 2 nitrogen and oxygen atoms in total. The monoisotopic (exact) mass is 318 g/mol. The zero-order valence-corrected chi connectivity index (χ0v) is 14.9. The molecule has 1 aliphatic heterocycles. The van der Waals surface area contributed by atoms with Crippen molar-refractivity contribution in [3.8, 4) is 0 Å². The van der Waals surface area contributed by atoms with Gasteiger partial charge in [-0.1, -0.05) is 23.8 Å². The van der Waals surface area contributed by atoms with E-state index in [4.69, 9.17) is 0 Å². The van der Waals surface area contributed by atoms with Crippen LogP contribution in [0, 0.1) is 11.7 Å². The second-order valence-corrected chi connectivity index (χ2v) is 7.17. The first-order chi connectivity index (χ1) is 11.0. The van der Waals surface area contributed by atoms with Crippen LogP contribution in [0.5, 0.6) is 0 Å². The Morgan fingerprint density at radius 2 is 2.04 bits per heavy atom. The van der Waals surface area contributed by atoms with Gasteiger partial charge in [-0.05, 0) is 76.9 Å². The highest BCUT2D eigenvalue weighted by molar-refractivity contribution is 5.16. The summed E-state index contributed by atoms with van der Waals surface area (Å²) in [4.78, 5) is 4.96. The zero-order valence-electron chi connectivity index (χ0n) is 14.9. The number of likely N-dealkylation sites (N-methyl/N-ethyl adjacent to an activating group) is 1. The van der Waals surface area contributed by atoms with Crippen molar-refractivity contribution >= 4 is 0 Å². The van der Waals surface area contributed by atoms with Gasteiger partial charge < -0.3 is 9.80 Å². The number of hydrogen-bond acceptors (Lipinski definition) is 2. The van der Waals surface area contributed by atoms with E-state index in [0.29, 0.717) is 0 Å². The highest BCUT2D eigenvalue weighted by Gasteiger charge is 2.19. The standard InChI is InChI=1S/C20H31FN2/c1-17(2)7-11-22(3)16-19-9-13-23(14-10-19)12-8-18-5-4-6-20(21)15-18/h4-7,15,19H,8-14,16H2,1-3H3. The normalized spacial score (nSPS) is 16.7. The Hall–Kier alpha value is -1.19. The van der Waals surface area contributed by atoms with Gasteiger partial charge in [0.25, 0.3) is 0 Å². The maximum atomic E-state index is 13.2. The molecule has 0 unspecified atom stereocenters. The summed E-state index contributed by atoms with van der Waals surface area (Å²) >= 11 is 0.